The molecule has 17 heavy (non-hydrogen) atoms. The Bertz CT molecular complexity index is 373. The average molecular weight is 249 g/mol. The van der Waals surface area contributed by atoms with Crippen LogP contribution in [0.25, 0.3) is 0 Å². The molecule has 0 heterocycles. The van der Waals surface area contributed by atoms with Crippen LogP contribution in [-0.4, -0.2) is 17.0 Å². The Morgan fingerprint density at radius 3 is 2.76 bits per heavy atom. The lowest BCUT2D eigenvalue weighted by molar-refractivity contribution is 0.746. The van der Waals surface area contributed by atoms with E-state index in [9.17, 15) is 0 Å². The van der Waals surface area contributed by atoms with E-state index in [4.69, 9.17) is 5.73 Å². The Kier molecular flexibility index (Phi) is 4.52. The molecule has 2 heteroatoms. The first-order chi connectivity index (χ1) is 8.15. The number of hydrogen-bond acceptors (Lipinski definition) is 2. The molecule has 0 aromatic heterocycles. The number of fused-ring (bicyclic) bond motifs is 1. The fourth-order valence-corrected chi connectivity index (χ4v) is 3.18. The third kappa shape index (κ3) is 3.75. The van der Waals surface area contributed by atoms with Gasteiger partial charge in [0.2, 0.25) is 0 Å². The third-order valence-corrected chi connectivity index (χ3v) is 4.59. The van der Waals surface area contributed by atoms with Gasteiger partial charge in [-0.2, -0.15) is 11.8 Å². The molecule has 0 radical (unpaired) electrons. The zero-order valence-electron chi connectivity index (χ0n) is 10.9. The van der Waals surface area contributed by atoms with Gasteiger partial charge >= 0.3 is 0 Å². The average Bonchev–Trinajstić information content (AvgIpc) is 2.73. The fraction of sp³-hybridized carbons (Fsp3) is 0.600. The second-order valence-corrected chi connectivity index (χ2v) is 6.91. The van der Waals surface area contributed by atoms with Gasteiger partial charge in [0.15, 0.2) is 0 Å². The van der Waals surface area contributed by atoms with Gasteiger partial charge < -0.3 is 5.73 Å². The van der Waals surface area contributed by atoms with Gasteiger partial charge in [-0.05, 0) is 47.6 Å². The molecule has 1 aliphatic carbocycles. The summed E-state index contributed by atoms with van der Waals surface area (Å²) in [5.41, 5.74) is 10.7. The molecule has 0 spiro atoms. The van der Waals surface area contributed by atoms with Crippen molar-refractivity contribution in [1.82, 2.24) is 0 Å². The van der Waals surface area contributed by atoms with Crippen molar-refractivity contribution >= 4 is 11.8 Å². The van der Waals surface area contributed by atoms with Crippen LogP contribution in [-0.2, 0) is 19.3 Å². The lowest BCUT2D eigenvalue weighted by atomic mass is 10.0. The van der Waals surface area contributed by atoms with Crippen molar-refractivity contribution in [2.24, 2.45) is 5.73 Å². The fourth-order valence-electron chi connectivity index (χ4n) is 2.43. The summed E-state index contributed by atoms with van der Waals surface area (Å²) < 4.78 is 0. The number of hydrogen-bond donors (Lipinski definition) is 1. The van der Waals surface area contributed by atoms with Crippen molar-refractivity contribution in [3.8, 4) is 0 Å². The highest BCUT2D eigenvalue weighted by Gasteiger charge is 2.12. The highest BCUT2D eigenvalue weighted by atomic mass is 32.2. The van der Waals surface area contributed by atoms with E-state index < -0.39 is 0 Å². The van der Waals surface area contributed by atoms with Crippen LogP contribution in [0.1, 0.15) is 37.0 Å². The molecule has 0 saturated carbocycles. The van der Waals surface area contributed by atoms with E-state index >= 15 is 0 Å². The maximum atomic E-state index is 6.18. The first-order valence-electron chi connectivity index (χ1n) is 6.63. The lowest BCUT2D eigenvalue weighted by Crippen LogP contribution is -2.26. The normalized spacial score (nSPS) is 16.2. The Hall–Kier alpha value is -0.470. The van der Waals surface area contributed by atoms with Crippen LogP contribution in [0.3, 0.4) is 0 Å². The summed E-state index contributed by atoms with van der Waals surface area (Å²) in [6, 6.07) is 7.24. The van der Waals surface area contributed by atoms with Crippen LogP contribution in [0, 0.1) is 0 Å². The van der Waals surface area contributed by atoms with Crippen molar-refractivity contribution < 1.29 is 0 Å². The molecule has 1 aromatic carbocycles. The molecule has 94 valence electrons. The Balaban J connectivity index is 1.90. The molecule has 1 unspecified atom stereocenters. The zero-order chi connectivity index (χ0) is 12.3. The Morgan fingerprint density at radius 1 is 1.24 bits per heavy atom. The minimum Gasteiger partial charge on any atom is -0.327 e. The summed E-state index contributed by atoms with van der Waals surface area (Å²) in [4.78, 5) is 0. The van der Waals surface area contributed by atoms with Gasteiger partial charge in [0.05, 0.1) is 0 Å². The molecule has 1 atom stereocenters. The largest absolute Gasteiger partial charge is 0.327 e. The first kappa shape index (κ1) is 13.0. The van der Waals surface area contributed by atoms with Gasteiger partial charge in [0.25, 0.3) is 0 Å². The van der Waals surface area contributed by atoms with E-state index in [0.717, 1.165) is 12.2 Å². The van der Waals surface area contributed by atoms with Crippen molar-refractivity contribution in [2.45, 2.75) is 50.8 Å². The van der Waals surface area contributed by atoms with Crippen molar-refractivity contribution in [2.75, 3.05) is 5.75 Å². The van der Waals surface area contributed by atoms with Crippen LogP contribution in [0.15, 0.2) is 18.2 Å². The number of aryl methyl sites for hydroxylation is 2. The number of nitrogens with two attached hydrogens (primary N) is 1. The molecule has 2 rings (SSSR count). The summed E-state index contributed by atoms with van der Waals surface area (Å²) >= 11 is 1.96. The molecule has 0 fully saturated rings. The summed E-state index contributed by atoms with van der Waals surface area (Å²) in [5, 5.41) is 0.682. The van der Waals surface area contributed by atoms with Gasteiger partial charge in [-0.3, -0.25) is 0 Å². The SMILES string of the molecule is CC(C)SCC(N)Cc1ccc2c(c1)CCC2. The quantitative estimate of drug-likeness (QED) is 0.867. The third-order valence-electron chi connectivity index (χ3n) is 3.30. The second kappa shape index (κ2) is 5.92. The van der Waals surface area contributed by atoms with E-state index in [1.807, 2.05) is 11.8 Å². The molecule has 2 N–H and O–H groups in total. The van der Waals surface area contributed by atoms with Crippen molar-refractivity contribution in [1.29, 1.82) is 0 Å². The van der Waals surface area contributed by atoms with E-state index in [1.54, 1.807) is 11.1 Å². The van der Waals surface area contributed by atoms with Gasteiger partial charge in [-0.15, -0.1) is 0 Å². The van der Waals surface area contributed by atoms with E-state index in [1.165, 1.54) is 24.8 Å². The maximum Gasteiger partial charge on any atom is 0.0171 e. The van der Waals surface area contributed by atoms with Crippen LogP contribution in [0.4, 0.5) is 0 Å². The summed E-state index contributed by atoms with van der Waals surface area (Å²) in [5.74, 6) is 1.06. The monoisotopic (exact) mass is 249 g/mol. The smallest absolute Gasteiger partial charge is 0.0171 e. The molecule has 1 nitrogen and oxygen atoms in total. The molecule has 0 amide bonds. The summed E-state index contributed by atoms with van der Waals surface area (Å²) in [6.07, 6.45) is 4.88. The molecular weight excluding hydrogens is 226 g/mol. The van der Waals surface area contributed by atoms with Crippen LogP contribution in [0.5, 0.6) is 0 Å². The topological polar surface area (TPSA) is 26.0 Å². The lowest BCUT2D eigenvalue weighted by Gasteiger charge is -2.13. The predicted molar refractivity (Wildman–Crippen MR) is 77.7 cm³/mol. The second-order valence-electron chi connectivity index (χ2n) is 5.30. The van der Waals surface area contributed by atoms with E-state index in [2.05, 4.69) is 32.0 Å². The minimum absolute atomic E-state index is 0.293. The molecule has 1 aliphatic rings. The van der Waals surface area contributed by atoms with Crippen LogP contribution >= 0.6 is 11.8 Å². The Morgan fingerprint density at radius 2 is 2.00 bits per heavy atom. The highest BCUT2D eigenvalue weighted by Crippen LogP contribution is 2.23. The number of thioether (sulfide) groups is 1. The molecule has 1 aromatic rings. The Labute approximate surface area is 109 Å². The van der Waals surface area contributed by atoms with Gasteiger partial charge in [0, 0.05) is 11.8 Å². The molecule has 0 aliphatic heterocycles. The highest BCUT2D eigenvalue weighted by molar-refractivity contribution is 7.99. The zero-order valence-corrected chi connectivity index (χ0v) is 11.7. The molecule has 0 saturated heterocycles. The minimum atomic E-state index is 0.293. The first-order valence-corrected chi connectivity index (χ1v) is 7.68. The van der Waals surface area contributed by atoms with Gasteiger partial charge in [-0.25, -0.2) is 0 Å². The van der Waals surface area contributed by atoms with E-state index in [0.29, 0.717) is 11.3 Å². The van der Waals surface area contributed by atoms with Crippen LogP contribution in [0.2, 0.25) is 0 Å². The predicted octanol–water partition coefficient (Wildman–Crippen LogP) is 3.19. The van der Waals surface area contributed by atoms with Crippen molar-refractivity contribution in [3.05, 3.63) is 34.9 Å². The molecular formula is C15H23NS. The summed E-state index contributed by atoms with van der Waals surface area (Å²) in [6.45, 7) is 4.46. The number of rotatable bonds is 5. The van der Waals surface area contributed by atoms with Crippen LogP contribution < -0.4 is 5.73 Å². The number of benzene rings is 1. The van der Waals surface area contributed by atoms with Crippen molar-refractivity contribution in [3.63, 3.8) is 0 Å². The van der Waals surface area contributed by atoms with Gasteiger partial charge in [0.1, 0.15) is 0 Å². The standard InChI is InChI=1S/C15H23NS/c1-11(2)17-10-15(16)9-12-6-7-13-4-3-5-14(13)8-12/h6-8,11,15H,3-5,9-10,16H2,1-2H3. The van der Waals surface area contributed by atoms with E-state index in [-0.39, 0.29) is 0 Å². The van der Waals surface area contributed by atoms with Gasteiger partial charge in [-0.1, -0.05) is 32.0 Å². The maximum absolute atomic E-state index is 6.18. The molecule has 0 bridgehead atoms. The summed E-state index contributed by atoms with van der Waals surface area (Å²) in [7, 11) is 0.